The lowest BCUT2D eigenvalue weighted by Gasteiger charge is -2.40. The zero-order valence-corrected chi connectivity index (χ0v) is 16.1. The molecule has 1 atom stereocenters. The molecule has 2 heterocycles. The fraction of sp³-hybridized carbons (Fsp3) is 0.227. The highest BCUT2D eigenvalue weighted by atomic mass is 32.1. The molecular formula is C22H23N3S. The summed E-state index contributed by atoms with van der Waals surface area (Å²) in [6.07, 6.45) is 0.0487. The van der Waals surface area contributed by atoms with Crippen LogP contribution >= 0.6 is 11.3 Å². The predicted molar refractivity (Wildman–Crippen MR) is 111 cm³/mol. The molecule has 2 aromatic carbocycles. The standard InChI is InChI=1S/C22H23N3S/c1-22(2,3)24-20(17-11-6-4-7-12-17)23-25(18-13-8-5-9-14-18)21(24)19-15-10-16-26-19/h4-16,21H,1-3H3/t21-/m1/s1. The maximum Gasteiger partial charge on any atom is 0.160 e. The Hall–Kier alpha value is -2.59. The van der Waals surface area contributed by atoms with Gasteiger partial charge in [-0.2, -0.15) is 5.10 Å². The lowest BCUT2D eigenvalue weighted by Crippen LogP contribution is -2.47. The summed E-state index contributed by atoms with van der Waals surface area (Å²) < 4.78 is 0. The van der Waals surface area contributed by atoms with Gasteiger partial charge in [0, 0.05) is 16.0 Å². The number of anilines is 1. The topological polar surface area (TPSA) is 18.8 Å². The minimum absolute atomic E-state index is 0.0487. The first-order valence-corrected chi connectivity index (χ1v) is 9.75. The molecule has 0 saturated heterocycles. The lowest BCUT2D eigenvalue weighted by molar-refractivity contribution is 0.192. The number of hydrazone groups is 1. The maximum atomic E-state index is 5.10. The largest absolute Gasteiger partial charge is 0.323 e. The Kier molecular flexibility index (Phi) is 4.29. The van der Waals surface area contributed by atoms with Crippen LogP contribution in [0, 0.1) is 0 Å². The molecule has 4 rings (SSSR count). The van der Waals surface area contributed by atoms with Gasteiger partial charge in [0.1, 0.15) is 0 Å². The van der Waals surface area contributed by atoms with Crippen molar-refractivity contribution in [2.45, 2.75) is 32.5 Å². The van der Waals surface area contributed by atoms with Crippen LogP contribution in [0.25, 0.3) is 0 Å². The molecule has 3 aromatic rings. The molecule has 3 nitrogen and oxygen atoms in total. The van der Waals surface area contributed by atoms with Crippen molar-refractivity contribution in [3.05, 3.63) is 88.6 Å². The molecule has 4 heteroatoms. The van der Waals surface area contributed by atoms with Crippen LogP contribution in [-0.2, 0) is 0 Å². The first-order chi connectivity index (χ1) is 12.6. The number of amidine groups is 1. The Morgan fingerprint density at radius 3 is 2.08 bits per heavy atom. The molecule has 0 amide bonds. The summed E-state index contributed by atoms with van der Waals surface area (Å²) in [6, 6.07) is 25.2. The van der Waals surface area contributed by atoms with Gasteiger partial charge in [-0.05, 0) is 44.4 Å². The third-order valence-corrected chi connectivity index (χ3v) is 5.39. The summed E-state index contributed by atoms with van der Waals surface area (Å²) in [4.78, 5) is 3.72. The summed E-state index contributed by atoms with van der Waals surface area (Å²) in [5.41, 5.74) is 2.17. The fourth-order valence-corrected chi connectivity index (χ4v) is 4.16. The normalized spacial score (nSPS) is 17.5. The molecule has 0 spiro atoms. The van der Waals surface area contributed by atoms with Crippen LogP contribution in [0.15, 0.2) is 83.3 Å². The van der Waals surface area contributed by atoms with Gasteiger partial charge < -0.3 is 4.90 Å². The van der Waals surface area contributed by atoms with E-state index in [1.54, 1.807) is 11.3 Å². The van der Waals surface area contributed by atoms with Gasteiger partial charge in [-0.25, -0.2) is 5.01 Å². The number of para-hydroxylation sites is 1. The highest BCUT2D eigenvalue weighted by molar-refractivity contribution is 7.10. The van der Waals surface area contributed by atoms with Crippen LogP contribution < -0.4 is 5.01 Å². The highest BCUT2D eigenvalue weighted by Crippen LogP contribution is 2.42. The van der Waals surface area contributed by atoms with E-state index in [9.17, 15) is 0 Å². The Morgan fingerprint density at radius 2 is 1.50 bits per heavy atom. The Bertz CT molecular complexity index is 880. The zero-order chi connectivity index (χ0) is 18.1. The van der Waals surface area contributed by atoms with Crippen molar-refractivity contribution >= 4 is 22.9 Å². The van der Waals surface area contributed by atoms with Crippen LogP contribution in [0.5, 0.6) is 0 Å². The number of rotatable bonds is 3. The average molecular weight is 362 g/mol. The zero-order valence-electron chi connectivity index (χ0n) is 15.3. The van der Waals surface area contributed by atoms with E-state index in [1.165, 1.54) is 4.88 Å². The Balaban J connectivity index is 1.89. The number of thiophene rings is 1. The van der Waals surface area contributed by atoms with Crippen molar-refractivity contribution in [3.63, 3.8) is 0 Å². The van der Waals surface area contributed by atoms with Gasteiger partial charge in [0.25, 0.3) is 0 Å². The van der Waals surface area contributed by atoms with Crippen LogP contribution in [0.4, 0.5) is 5.69 Å². The summed E-state index contributed by atoms with van der Waals surface area (Å²) >= 11 is 1.78. The molecule has 0 N–H and O–H groups in total. The first kappa shape index (κ1) is 16.9. The van der Waals surface area contributed by atoms with Gasteiger partial charge in [-0.15, -0.1) is 11.3 Å². The Labute approximate surface area is 159 Å². The molecule has 0 unspecified atom stereocenters. The lowest BCUT2D eigenvalue weighted by atomic mass is 10.0. The molecule has 0 aliphatic carbocycles. The fourth-order valence-electron chi connectivity index (χ4n) is 3.36. The monoisotopic (exact) mass is 361 g/mol. The van der Waals surface area contributed by atoms with E-state index in [2.05, 4.69) is 96.7 Å². The smallest absolute Gasteiger partial charge is 0.160 e. The van der Waals surface area contributed by atoms with Gasteiger partial charge in [-0.3, -0.25) is 0 Å². The van der Waals surface area contributed by atoms with E-state index in [1.807, 2.05) is 12.1 Å². The molecular weight excluding hydrogens is 338 g/mol. The van der Waals surface area contributed by atoms with Gasteiger partial charge in [0.15, 0.2) is 12.0 Å². The van der Waals surface area contributed by atoms with Crippen molar-refractivity contribution in [1.29, 1.82) is 0 Å². The second-order valence-corrected chi connectivity index (χ2v) is 8.38. The number of nitrogens with zero attached hydrogens (tertiary/aromatic N) is 3. The summed E-state index contributed by atoms with van der Waals surface area (Å²) in [6.45, 7) is 6.75. The van der Waals surface area contributed by atoms with Crippen molar-refractivity contribution in [3.8, 4) is 0 Å². The summed E-state index contributed by atoms with van der Waals surface area (Å²) in [7, 11) is 0. The van der Waals surface area contributed by atoms with E-state index < -0.39 is 0 Å². The molecule has 0 radical (unpaired) electrons. The minimum atomic E-state index is -0.0765. The van der Waals surface area contributed by atoms with Gasteiger partial charge in [0.05, 0.1) is 5.69 Å². The van der Waals surface area contributed by atoms with E-state index in [0.717, 1.165) is 17.1 Å². The van der Waals surface area contributed by atoms with E-state index >= 15 is 0 Å². The van der Waals surface area contributed by atoms with Crippen LogP contribution in [0.3, 0.4) is 0 Å². The van der Waals surface area contributed by atoms with Gasteiger partial charge in [-0.1, -0.05) is 54.6 Å². The van der Waals surface area contributed by atoms with Crippen LogP contribution in [0.1, 0.15) is 37.4 Å². The molecule has 0 bridgehead atoms. The second-order valence-electron chi connectivity index (χ2n) is 7.40. The van der Waals surface area contributed by atoms with Crippen molar-refractivity contribution in [2.75, 3.05) is 5.01 Å². The summed E-state index contributed by atoms with van der Waals surface area (Å²) in [5, 5.41) is 9.39. The molecule has 0 saturated carbocycles. The van der Waals surface area contributed by atoms with Crippen molar-refractivity contribution in [2.24, 2.45) is 5.10 Å². The predicted octanol–water partition coefficient (Wildman–Crippen LogP) is 5.73. The number of hydrogen-bond donors (Lipinski definition) is 0. The third kappa shape index (κ3) is 3.01. The highest BCUT2D eigenvalue weighted by Gasteiger charge is 2.42. The number of benzene rings is 2. The third-order valence-electron chi connectivity index (χ3n) is 4.48. The SMILES string of the molecule is CC(C)(C)N1C(c2ccccc2)=NN(c2ccccc2)[C@@H]1c1cccs1. The molecule has 1 aliphatic rings. The van der Waals surface area contributed by atoms with E-state index in [0.29, 0.717) is 0 Å². The molecule has 0 fully saturated rings. The number of hydrogen-bond acceptors (Lipinski definition) is 4. The molecule has 132 valence electrons. The van der Waals surface area contributed by atoms with Crippen molar-refractivity contribution < 1.29 is 0 Å². The minimum Gasteiger partial charge on any atom is -0.323 e. The Morgan fingerprint density at radius 1 is 0.846 bits per heavy atom. The molecule has 26 heavy (non-hydrogen) atoms. The van der Waals surface area contributed by atoms with Gasteiger partial charge >= 0.3 is 0 Å². The van der Waals surface area contributed by atoms with Crippen LogP contribution in [0.2, 0.25) is 0 Å². The summed E-state index contributed by atoms with van der Waals surface area (Å²) in [5.74, 6) is 1.01. The van der Waals surface area contributed by atoms with Crippen LogP contribution in [-0.4, -0.2) is 16.3 Å². The first-order valence-electron chi connectivity index (χ1n) is 8.87. The van der Waals surface area contributed by atoms with Crippen molar-refractivity contribution in [1.82, 2.24) is 4.90 Å². The maximum absolute atomic E-state index is 5.10. The molecule has 1 aromatic heterocycles. The van der Waals surface area contributed by atoms with E-state index in [-0.39, 0.29) is 11.7 Å². The molecule has 1 aliphatic heterocycles. The average Bonchev–Trinajstić information content (AvgIpc) is 3.30. The quantitative estimate of drug-likeness (QED) is 0.593. The second kappa shape index (κ2) is 6.61. The van der Waals surface area contributed by atoms with Gasteiger partial charge in [0.2, 0.25) is 0 Å². The van der Waals surface area contributed by atoms with E-state index in [4.69, 9.17) is 5.10 Å².